The van der Waals surface area contributed by atoms with Gasteiger partial charge in [-0.15, -0.1) is 0 Å². The van der Waals surface area contributed by atoms with Gasteiger partial charge >= 0.3 is 0 Å². The monoisotopic (exact) mass is 243 g/mol. The summed E-state index contributed by atoms with van der Waals surface area (Å²) < 4.78 is 11.5. The largest absolute Gasteiger partial charge is 0.378 e. The minimum Gasteiger partial charge on any atom is -0.378 e. The first kappa shape index (κ1) is 14.9. The SMILES string of the molecule is CCNC(CCC1CCCO1)C(C)(C)OCC. The smallest absolute Gasteiger partial charge is 0.0778 e. The van der Waals surface area contributed by atoms with E-state index in [0.717, 1.165) is 32.6 Å². The van der Waals surface area contributed by atoms with Crippen molar-refractivity contribution < 1.29 is 9.47 Å². The average Bonchev–Trinajstić information content (AvgIpc) is 2.76. The summed E-state index contributed by atoms with van der Waals surface area (Å²) in [5.41, 5.74) is -0.0939. The minimum absolute atomic E-state index is 0.0939. The van der Waals surface area contributed by atoms with E-state index in [1.165, 1.54) is 12.8 Å². The van der Waals surface area contributed by atoms with E-state index < -0.39 is 0 Å². The molecule has 1 rings (SSSR count). The Bertz CT molecular complexity index is 200. The maximum Gasteiger partial charge on any atom is 0.0778 e. The van der Waals surface area contributed by atoms with E-state index in [1.54, 1.807) is 0 Å². The van der Waals surface area contributed by atoms with Gasteiger partial charge in [-0.2, -0.15) is 0 Å². The molecule has 0 radical (unpaired) electrons. The summed E-state index contributed by atoms with van der Waals surface area (Å²) in [4.78, 5) is 0. The van der Waals surface area contributed by atoms with Crippen LogP contribution in [0.1, 0.15) is 53.4 Å². The summed E-state index contributed by atoms with van der Waals surface area (Å²) in [6.45, 7) is 11.3. The van der Waals surface area contributed by atoms with Crippen LogP contribution in [-0.2, 0) is 9.47 Å². The van der Waals surface area contributed by atoms with Gasteiger partial charge in [0, 0.05) is 19.3 Å². The molecule has 2 atom stereocenters. The molecule has 0 saturated carbocycles. The van der Waals surface area contributed by atoms with Crippen LogP contribution in [0.25, 0.3) is 0 Å². The molecule has 0 aromatic rings. The Balaban J connectivity index is 2.40. The quantitative estimate of drug-likeness (QED) is 0.711. The Labute approximate surface area is 106 Å². The lowest BCUT2D eigenvalue weighted by atomic mass is 9.92. The number of hydrogen-bond donors (Lipinski definition) is 1. The second-order valence-corrected chi connectivity index (χ2v) is 5.36. The minimum atomic E-state index is -0.0939. The van der Waals surface area contributed by atoms with Crippen molar-refractivity contribution in [2.45, 2.75) is 71.1 Å². The van der Waals surface area contributed by atoms with Crippen LogP contribution in [0.3, 0.4) is 0 Å². The van der Waals surface area contributed by atoms with Crippen LogP contribution in [0.15, 0.2) is 0 Å². The Morgan fingerprint density at radius 1 is 1.41 bits per heavy atom. The summed E-state index contributed by atoms with van der Waals surface area (Å²) in [6, 6.07) is 0.414. The van der Waals surface area contributed by atoms with Gasteiger partial charge in [-0.3, -0.25) is 0 Å². The lowest BCUT2D eigenvalue weighted by molar-refractivity contribution is -0.0428. The van der Waals surface area contributed by atoms with Gasteiger partial charge in [0.05, 0.1) is 11.7 Å². The predicted octanol–water partition coefficient (Wildman–Crippen LogP) is 2.74. The van der Waals surface area contributed by atoms with Gasteiger partial charge in [-0.05, 0) is 53.0 Å². The fraction of sp³-hybridized carbons (Fsp3) is 1.00. The van der Waals surface area contributed by atoms with Crippen molar-refractivity contribution in [2.24, 2.45) is 0 Å². The van der Waals surface area contributed by atoms with Crippen LogP contribution in [0.5, 0.6) is 0 Å². The maximum atomic E-state index is 5.86. The van der Waals surface area contributed by atoms with Crippen LogP contribution < -0.4 is 5.32 Å². The van der Waals surface area contributed by atoms with E-state index in [1.807, 2.05) is 0 Å². The van der Waals surface area contributed by atoms with E-state index in [9.17, 15) is 0 Å². The number of likely N-dealkylation sites (N-methyl/N-ethyl adjacent to an activating group) is 1. The van der Waals surface area contributed by atoms with Crippen molar-refractivity contribution in [2.75, 3.05) is 19.8 Å². The lowest BCUT2D eigenvalue weighted by Gasteiger charge is -2.35. The van der Waals surface area contributed by atoms with Gasteiger partial charge in [0.15, 0.2) is 0 Å². The van der Waals surface area contributed by atoms with Crippen molar-refractivity contribution in [1.82, 2.24) is 5.32 Å². The van der Waals surface area contributed by atoms with Gasteiger partial charge in [0.25, 0.3) is 0 Å². The molecule has 0 bridgehead atoms. The molecule has 1 N–H and O–H groups in total. The molecule has 0 aromatic carbocycles. The molecule has 1 aliphatic rings. The second kappa shape index (κ2) is 7.34. The van der Waals surface area contributed by atoms with Gasteiger partial charge in [-0.25, -0.2) is 0 Å². The Kier molecular flexibility index (Phi) is 6.45. The molecular weight excluding hydrogens is 214 g/mol. The first-order valence-electron chi connectivity index (χ1n) is 7.09. The van der Waals surface area contributed by atoms with E-state index in [2.05, 4.69) is 33.0 Å². The molecule has 1 saturated heterocycles. The zero-order valence-electron chi connectivity index (χ0n) is 11.9. The van der Waals surface area contributed by atoms with Crippen LogP contribution >= 0.6 is 0 Å². The zero-order chi connectivity index (χ0) is 12.7. The molecule has 1 heterocycles. The number of ether oxygens (including phenoxy) is 2. The number of nitrogens with one attached hydrogen (secondary N) is 1. The first-order valence-corrected chi connectivity index (χ1v) is 7.09. The summed E-state index contributed by atoms with van der Waals surface area (Å²) in [7, 11) is 0. The predicted molar refractivity (Wildman–Crippen MR) is 71.4 cm³/mol. The Hall–Kier alpha value is -0.120. The highest BCUT2D eigenvalue weighted by Gasteiger charge is 2.30. The molecule has 3 nitrogen and oxygen atoms in total. The normalized spacial score (nSPS) is 22.9. The van der Waals surface area contributed by atoms with Crippen LogP contribution in [-0.4, -0.2) is 37.5 Å². The fourth-order valence-electron chi connectivity index (χ4n) is 2.64. The molecule has 1 fully saturated rings. The maximum absolute atomic E-state index is 5.86. The number of hydrogen-bond acceptors (Lipinski definition) is 3. The molecule has 17 heavy (non-hydrogen) atoms. The molecular formula is C14H29NO2. The van der Waals surface area contributed by atoms with E-state index in [-0.39, 0.29) is 5.60 Å². The molecule has 3 heteroatoms. The summed E-state index contributed by atoms with van der Waals surface area (Å²) >= 11 is 0. The van der Waals surface area contributed by atoms with Crippen molar-refractivity contribution in [3.05, 3.63) is 0 Å². The molecule has 0 aliphatic carbocycles. The van der Waals surface area contributed by atoms with Crippen molar-refractivity contribution in [3.63, 3.8) is 0 Å². The summed E-state index contributed by atoms with van der Waals surface area (Å²) in [6.07, 6.45) is 5.22. The lowest BCUT2D eigenvalue weighted by Crippen LogP contribution is -2.49. The van der Waals surface area contributed by atoms with Crippen molar-refractivity contribution >= 4 is 0 Å². The number of rotatable bonds is 8. The third kappa shape index (κ3) is 4.94. The van der Waals surface area contributed by atoms with E-state index in [4.69, 9.17) is 9.47 Å². The van der Waals surface area contributed by atoms with Crippen molar-refractivity contribution in [3.8, 4) is 0 Å². The van der Waals surface area contributed by atoms with E-state index >= 15 is 0 Å². The molecule has 0 amide bonds. The first-order chi connectivity index (χ1) is 8.10. The Morgan fingerprint density at radius 2 is 2.18 bits per heavy atom. The molecule has 0 aromatic heterocycles. The van der Waals surface area contributed by atoms with Crippen LogP contribution in [0.2, 0.25) is 0 Å². The van der Waals surface area contributed by atoms with Gasteiger partial charge < -0.3 is 14.8 Å². The fourth-order valence-corrected chi connectivity index (χ4v) is 2.64. The molecule has 2 unspecified atom stereocenters. The highest BCUT2D eigenvalue weighted by molar-refractivity contribution is 4.86. The second-order valence-electron chi connectivity index (χ2n) is 5.36. The standard InChI is InChI=1S/C14H29NO2/c1-5-15-13(14(3,4)17-6-2)10-9-12-8-7-11-16-12/h12-13,15H,5-11H2,1-4H3. The highest BCUT2D eigenvalue weighted by atomic mass is 16.5. The van der Waals surface area contributed by atoms with Gasteiger partial charge in [0.1, 0.15) is 0 Å². The topological polar surface area (TPSA) is 30.5 Å². The summed E-state index contributed by atoms with van der Waals surface area (Å²) in [5.74, 6) is 0. The van der Waals surface area contributed by atoms with Crippen LogP contribution in [0, 0.1) is 0 Å². The zero-order valence-corrected chi connectivity index (χ0v) is 11.9. The third-order valence-corrected chi connectivity index (χ3v) is 3.61. The Morgan fingerprint density at radius 3 is 2.71 bits per heavy atom. The molecule has 102 valence electrons. The summed E-state index contributed by atoms with van der Waals surface area (Å²) in [5, 5.41) is 3.55. The van der Waals surface area contributed by atoms with Crippen molar-refractivity contribution in [1.29, 1.82) is 0 Å². The van der Waals surface area contributed by atoms with Gasteiger partial charge in [-0.1, -0.05) is 6.92 Å². The van der Waals surface area contributed by atoms with E-state index in [0.29, 0.717) is 12.1 Å². The molecule has 0 spiro atoms. The average molecular weight is 243 g/mol. The third-order valence-electron chi connectivity index (χ3n) is 3.61. The highest BCUT2D eigenvalue weighted by Crippen LogP contribution is 2.23. The molecule has 1 aliphatic heterocycles. The van der Waals surface area contributed by atoms with Crippen LogP contribution in [0.4, 0.5) is 0 Å². The van der Waals surface area contributed by atoms with Gasteiger partial charge in [0.2, 0.25) is 0 Å².